The van der Waals surface area contributed by atoms with Crippen LogP contribution in [-0.4, -0.2) is 32.6 Å². The molecule has 0 aliphatic rings. The average Bonchev–Trinajstić information content (AvgIpc) is 2.53. The van der Waals surface area contributed by atoms with Gasteiger partial charge in [-0.25, -0.2) is 18.4 Å². The van der Waals surface area contributed by atoms with Crippen LogP contribution in [0, 0.1) is 6.92 Å². The SMILES string of the molecule is COc1cc(OC)c(CS(=O)(=O)c2ncc(C(F)(F)F)cc2C)cn1. The summed E-state index contributed by atoms with van der Waals surface area (Å²) in [6.07, 6.45) is -2.82. The van der Waals surface area contributed by atoms with Crippen molar-refractivity contribution in [3.8, 4) is 11.6 Å². The van der Waals surface area contributed by atoms with Crippen molar-refractivity contribution in [2.45, 2.75) is 23.9 Å². The molecule has 0 atom stereocenters. The molecule has 0 saturated carbocycles. The van der Waals surface area contributed by atoms with Crippen LogP contribution in [0.1, 0.15) is 16.7 Å². The number of pyridine rings is 2. The molecular formula is C15H15F3N2O4S. The van der Waals surface area contributed by atoms with E-state index in [1.807, 2.05) is 0 Å². The average molecular weight is 376 g/mol. The van der Waals surface area contributed by atoms with Gasteiger partial charge in [-0.3, -0.25) is 0 Å². The van der Waals surface area contributed by atoms with Crippen LogP contribution in [0.25, 0.3) is 0 Å². The highest BCUT2D eigenvalue weighted by molar-refractivity contribution is 7.90. The zero-order chi connectivity index (χ0) is 18.8. The van der Waals surface area contributed by atoms with Gasteiger partial charge < -0.3 is 9.47 Å². The largest absolute Gasteiger partial charge is 0.496 e. The van der Waals surface area contributed by atoms with Gasteiger partial charge in [0.15, 0.2) is 14.9 Å². The quantitative estimate of drug-likeness (QED) is 0.799. The molecule has 0 saturated heterocycles. The van der Waals surface area contributed by atoms with E-state index in [1.54, 1.807) is 0 Å². The van der Waals surface area contributed by atoms with Crippen molar-refractivity contribution in [2.75, 3.05) is 14.2 Å². The molecule has 0 fully saturated rings. The highest BCUT2D eigenvalue weighted by Crippen LogP contribution is 2.31. The molecule has 136 valence electrons. The number of aromatic nitrogens is 2. The van der Waals surface area contributed by atoms with Gasteiger partial charge in [0.25, 0.3) is 0 Å². The Morgan fingerprint density at radius 2 is 1.76 bits per heavy atom. The maximum atomic E-state index is 12.7. The number of aryl methyl sites for hydroxylation is 1. The van der Waals surface area contributed by atoms with E-state index in [0.717, 1.165) is 6.07 Å². The number of hydrogen-bond acceptors (Lipinski definition) is 6. The zero-order valence-corrected chi connectivity index (χ0v) is 14.4. The van der Waals surface area contributed by atoms with Crippen molar-refractivity contribution >= 4 is 9.84 Å². The highest BCUT2D eigenvalue weighted by atomic mass is 32.2. The first-order chi connectivity index (χ1) is 11.6. The first kappa shape index (κ1) is 19.0. The number of sulfone groups is 1. The molecule has 2 aromatic heterocycles. The van der Waals surface area contributed by atoms with Crippen molar-refractivity contribution in [3.05, 3.63) is 41.2 Å². The smallest absolute Gasteiger partial charge is 0.417 e. The van der Waals surface area contributed by atoms with Gasteiger partial charge in [-0.05, 0) is 18.6 Å². The fourth-order valence-electron chi connectivity index (χ4n) is 2.17. The fourth-order valence-corrected chi connectivity index (χ4v) is 3.70. The summed E-state index contributed by atoms with van der Waals surface area (Å²) in [6.45, 7) is 1.26. The topological polar surface area (TPSA) is 78.4 Å². The molecule has 0 bridgehead atoms. The first-order valence-electron chi connectivity index (χ1n) is 6.92. The van der Waals surface area contributed by atoms with Gasteiger partial charge in [0.1, 0.15) is 5.75 Å². The van der Waals surface area contributed by atoms with Gasteiger partial charge in [-0.15, -0.1) is 0 Å². The van der Waals surface area contributed by atoms with Crippen LogP contribution in [0.5, 0.6) is 11.6 Å². The molecule has 0 radical (unpaired) electrons. The van der Waals surface area contributed by atoms with Crippen LogP contribution in [0.3, 0.4) is 0 Å². The molecule has 6 nitrogen and oxygen atoms in total. The number of nitrogens with zero attached hydrogens (tertiary/aromatic N) is 2. The summed E-state index contributed by atoms with van der Waals surface area (Å²) < 4.78 is 73.2. The fraction of sp³-hybridized carbons (Fsp3) is 0.333. The van der Waals surface area contributed by atoms with E-state index in [2.05, 4.69) is 9.97 Å². The summed E-state index contributed by atoms with van der Waals surface area (Å²) in [5.41, 5.74) is -0.854. The van der Waals surface area contributed by atoms with E-state index >= 15 is 0 Å². The molecule has 0 unspecified atom stereocenters. The second-order valence-electron chi connectivity index (χ2n) is 5.14. The van der Waals surface area contributed by atoms with Crippen molar-refractivity contribution < 1.29 is 31.1 Å². The van der Waals surface area contributed by atoms with Gasteiger partial charge in [-0.1, -0.05) is 0 Å². The second kappa shape index (κ2) is 6.87. The van der Waals surface area contributed by atoms with Crippen LogP contribution in [-0.2, 0) is 21.8 Å². The van der Waals surface area contributed by atoms with Crippen molar-refractivity contribution in [2.24, 2.45) is 0 Å². The van der Waals surface area contributed by atoms with E-state index in [0.29, 0.717) is 6.20 Å². The summed E-state index contributed by atoms with van der Waals surface area (Å²) in [5.74, 6) is -0.0475. The molecule has 0 aliphatic heterocycles. The lowest BCUT2D eigenvalue weighted by Crippen LogP contribution is -2.13. The summed E-state index contributed by atoms with van der Waals surface area (Å²) in [7, 11) is -1.25. The maximum absolute atomic E-state index is 12.7. The highest BCUT2D eigenvalue weighted by Gasteiger charge is 2.32. The Hall–Kier alpha value is -2.36. The monoisotopic (exact) mass is 376 g/mol. The summed E-state index contributed by atoms with van der Waals surface area (Å²) >= 11 is 0. The van der Waals surface area contributed by atoms with Crippen molar-refractivity contribution in [3.63, 3.8) is 0 Å². The van der Waals surface area contributed by atoms with Crippen LogP contribution in [0.15, 0.2) is 29.6 Å². The summed E-state index contributed by atoms with van der Waals surface area (Å²) in [5, 5.41) is -0.418. The Balaban J connectivity index is 2.40. The van der Waals surface area contributed by atoms with Gasteiger partial charge in [-0.2, -0.15) is 13.2 Å². The molecule has 0 aliphatic carbocycles. The molecule has 0 aromatic carbocycles. The van der Waals surface area contributed by atoms with Crippen LogP contribution < -0.4 is 9.47 Å². The van der Waals surface area contributed by atoms with E-state index in [1.165, 1.54) is 33.4 Å². The Labute approximate surface area is 142 Å². The first-order valence-corrected chi connectivity index (χ1v) is 8.57. The molecular weight excluding hydrogens is 361 g/mol. The van der Waals surface area contributed by atoms with E-state index in [4.69, 9.17) is 9.47 Å². The Bertz CT molecular complexity index is 883. The van der Waals surface area contributed by atoms with Crippen molar-refractivity contribution in [1.82, 2.24) is 9.97 Å². The summed E-state index contributed by atoms with van der Waals surface area (Å²) in [6, 6.07) is 2.17. The van der Waals surface area contributed by atoms with E-state index < -0.39 is 32.4 Å². The number of methoxy groups -OCH3 is 2. The zero-order valence-electron chi connectivity index (χ0n) is 13.6. The van der Waals surface area contributed by atoms with Crippen molar-refractivity contribution in [1.29, 1.82) is 0 Å². The molecule has 2 rings (SSSR count). The lowest BCUT2D eigenvalue weighted by molar-refractivity contribution is -0.137. The molecule has 0 N–H and O–H groups in total. The van der Waals surface area contributed by atoms with E-state index in [-0.39, 0.29) is 22.8 Å². The number of hydrogen-bond donors (Lipinski definition) is 0. The lowest BCUT2D eigenvalue weighted by Gasteiger charge is -2.12. The van der Waals surface area contributed by atoms with Crippen LogP contribution >= 0.6 is 0 Å². The minimum absolute atomic E-state index is 0.0877. The number of ether oxygens (including phenoxy) is 2. The predicted octanol–water partition coefficient (Wildman–Crippen LogP) is 2.79. The standard InChI is InChI=1S/C15H15F3N2O4S/c1-9-4-11(15(16,17)18)7-20-14(9)25(21,22)8-10-6-19-13(24-3)5-12(10)23-2/h4-7H,8H2,1-3H3. The molecule has 2 heterocycles. The third kappa shape index (κ3) is 4.19. The third-order valence-corrected chi connectivity index (χ3v) is 5.05. The number of alkyl halides is 3. The van der Waals surface area contributed by atoms with Gasteiger partial charge in [0.05, 0.1) is 25.5 Å². The predicted molar refractivity (Wildman–Crippen MR) is 82.2 cm³/mol. The number of halogens is 3. The molecule has 10 heteroatoms. The maximum Gasteiger partial charge on any atom is 0.417 e. The van der Waals surface area contributed by atoms with Gasteiger partial charge in [0, 0.05) is 24.0 Å². The van der Waals surface area contributed by atoms with Gasteiger partial charge >= 0.3 is 6.18 Å². The van der Waals surface area contributed by atoms with E-state index in [9.17, 15) is 21.6 Å². The Morgan fingerprint density at radius 3 is 2.28 bits per heavy atom. The molecule has 0 amide bonds. The van der Waals surface area contributed by atoms with Crippen LogP contribution in [0.4, 0.5) is 13.2 Å². The second-order valence-corrected chi connectivity index (χ2v) is 7.05. The van der Waals surface area contributed by atoms with Gasteiger partial charge in [0.2, 0.25) is 5.88 Å². The molecule has 25 heavy (non-hydrogen) atoms. The van der Waals surface area contributed by atoms with Crippen LogP contribution in [0.2, 0.25) is 0 Å². The minimum atomic E-state index is -4.59. The molecule has 2 aromatic rings. The Kier molecular flexibility index (Phi) is 5.21. The number of rotatable bonds is 5. The lowest BCUT2D eigenvalue weighted by atomic mass is 10.2. The third-order valence-electron chi connectivity index (χ3n) is 3.35. The molecule has 0 spiro atoms. The Morgan fingerprint density at radius 1 is 1.08 bits per heavy atom. The normalized spacial score (nSPS) is 12.1. The minimum Gasteiger partial charge on any atom is -0.496 e. The summed E-state index contributed by atoms with van der Waals surface area (Å²) in [4.78, 5) is 7.42.